The molecule has 30 heavy (non-hydrogen) atoms. The predicted octanol–water partition coefficient (Wildman–Crippen LogP) is 3.46. The van der Waals surface area contributed by atoms with Gasteiger partial charge in [-0.3, -0.25) is 4.79 Å². The normalized spacial score (nSPS) is 14.5. The summed E-state index contributed by atoms with van der Waals surface area (Å²) in [5, 5.41) is 3.01. The fourth-order valence-electron chi connectivity index (χ4n) is 3.98. The molecule has 4 heteroatoms. The molecule has 0 unspecified atom stereocenters. The van der Waals surface area contributed by atoms with Gasteiger partial charge in [-0.15, -0.1) is 0 Å². The lowest BCUT2D eigenvalue weighted by Crippen LogP contribution is -3.13. The number of aryl methyl sites for hydroxylation is 2. The highest BCUT2D eigenvalue weighted by molar-refractivity contribution is 6.04. The van der Waals surface area contributed by atoms with Gasteiger partial charge in [-0.05, 0) is 61.4 Å². The molecule has 0 aliphatic carbocycles. The van der Waals surface area contributed by atoms with Crippen molar-refractivity contribution in [1.82, 2.24) is 0 Å². The first-order chi connectivity index (χ1) is 14.6. The molecule has 1 heterocycles. The van der Waals surface area contributed by atoms with E-state index in [2.05, 4.69) is 59.6 Å². The van der Waals surface area contributed by atoms with Crippen LogP contribution in [0.4, 0.5) is 11.4 Å². The monoisotopic (exact) mass is 400 g/mol. The Labute approximate surface area is 179 Å². The van der Waals surface area contributed by atoms with Crippen LogP contribution in [0.5, 0.6) is 0 Å². The number of rotatable bonds is 5. The van der Waals surface area contributed by atoms with E-state index >= 15 is 0 Å². The lowest BCUT2D eigenvalue weighted by molar-refractivity contribution is -0.914. The molecule has 0 bridgehead atoms. The summed E-state index contributed by atoms with van der Waals surface area (Å²) in [4.78, 5) is 16.6. The first-order valence-corrected chi connectivity index (χ1v) is 10.7. The number of nitrogens with one attached hydrogen (secondary N) is 2. The first kappa shape index (κ1) is 20.2. The Balaban J connectivity index is 1.31. The maximum Gasteiger partial charge on any atom is 0.255 e. The molecule has 4 rings (SSSR count). The lowest BCUT2D eigenvalue weighted by Gasteiger charge is -2.33. The van der Waals surface area contributed by atoms with Crippen molar-refractivity contribution >= 4 is 17.3 Å². The largest absolute Gasteiger partial charge is 0.360 e. The number of piperazine rings is 1. The summed E-state index contributed by atoms with van der Waals surface area (Å²) in [6.07, 6.45) is 0. The average molecular weight is 401 g/mol. The third-order valence-electron chi connectivity index (χ3n) is 6.03. The van der Waals surface area contributed by atoms with Gasteiger partial charge in [0, 0.05) is 22.5 Å². The van der Waals surface area contributed by atoms with E-state index in [9.17, 15) is 4.79 Å². The SMILES string of the molecule is Cc1ccc(C(=O)Nc2ccc(N3CC[NH+](Cc4ccccc4)CC3)cc2)cc1C. The molecule has 0 radical (unpaired) electrons. The van der Waals surface area contributed by atoms with Crippen molar-refractivity contribution in [2.24, 2.45) is 0 Å². The molecule has 0 spiro atoms. The van der Waals surface area contributed by atoms with Crippen LogP contribution in [0.2, 0.25) is 0 Å². The molecule has 1 aliphatic heterocycles. The molecular weight excluding hydrogens is 370 g/mol. The molecule has 1 saturated heterocycles. The molecule has 4 nitrogen and oxygen atoms in total. The smallest absolute Gasteiger partial charge is 0.255 e. The minimum Gasteiger partial charge on any atom is -0.360 e. The Morgan fingerprint density at radius 2 is 1.60 bits per heavy atom. The second-order valence-corrected chi connectivity index (χ2v) is 8.20. The summed E-state index contributed by atoms with van der Waals surface area (Å²) in [6.45, 7) is 9.56. The van der Waals surface area contributed by atoms with E-state index in [1.165, 1.54) is 16.8 Å². The molecule has 1 aliphatic rings. The number of hydrogen-bond donors (Lipinski definition) is 2. The van der Waals surface area contributed by atoms with Crippen molar-refractivity contribution < 1.29 is 9.69 Å². The quantitative estimate of drug-likeness (QED) is 0.688. The second kappa shape index (κ2) is 9.14. The number of carbonyl (C=O) groups excluding carboxylic acids is 1. The summed E-state index contributed by atoms with van der Waals surface area (Å²) in [5.74, 6) is -0.0658. The minimum atomic E-state index is -0.0658. The summed E-state index contributed by atoms with van der Waals surface area (Å²) in [5.41, 5.74) is 6.48. The van der Waals surface area contributed by atoms with E-state index in [-0.39, 0.29) is 5.91 Å². The Hall–Kier alpha value is -3.11. The molecular formula is C26H30N3O+. The van der Waals surface area contributed by atoms with Gasteiger partial charge in [-0.25, -0.2) is 0 Å². The molecule has 0 saturated carbocycles. The standard InChI is InChI=1S/C26H29N3O/c1-20-8-9-23(18-21(20)2)26(30)27-24-10-12-25(13-11-24)29-16-14-28(15-17-29)19-22-6-4-3-5-7-22/h3-13,18H,14-17,19H2,1-2H3,(H,27,30)/p+1. The van der Waals surface area contributed by atoms with Crippen molar-refractivity contribution in [3.63, 3.8) is 0 Å². The lowest BCUT2D eigenvalue weighted by atomic mass is 10.1. The van der Waals surface area contributed by atoms with Crippen molar-refractivity contribution in [2.75, 3.05) is 36.4 Å². The van der Waals surface area contributed by atoms with Crippen molar-refractivity contribution in [2.45, 2.75) is 20.4 Å². The van der Waals surface area contributed by atoms with Gasteiger partial charge >= 0.3 is 0 Å². The maximum absolute atomic E-state index is 12.5. The topological polar surface area (TPSA) is 36.8 Å². The Morgan fingerprint density at radius 3 is 2.27 bits per heavy atom. The van der Waals surface area contributed by atoms with Crippen LogP contribution in [0.3, 0.4) is 0 Å². The second-order valence-electron chi connectivity index (χ2n) is 8.20. The number of benzene rings is 3. The van der Waals surface area contributed by atoms with Gasteiger partial charge in [0.25, 0.3) is 5.91 Å². The summed E-state index contributed by atoms with van der Waals surface area (Å²) >= 11 is 0. The van der Waals surface area contributed by atoms with Gasteiger partial charge in [0.2, 0.25) is 0 Å². The van der Waals surface area contributed by atoms with Gasteiger partial charge in [0.05, 0.1) is 26.2 Å². The summed E-state index contributed by atoms with van der Waals surface area (Å²) in [7, 11) is 0. The van der Waals surface area contributed by atoms with Crippen molar-refractivity contribution in [3.05, 3.63) is 95.1 Å². The fourth-order valence-corrected chi connectivity index (χ4v) is 3.98. The van der Waals surface area contributed by atoms with Crippen molar-refractivity contribution in [3.8, 4) is 0 Å². The van der Waals surface area contributed by atoms with E-state index in [4.69, 9.17) is 0 Å². The zero-order valence-corrected chi connectivity index (χ0v) is 17.8. The third-order valence-corrected chi connectivity index (χ3v) is 6.03. The van der Waals surface area contributed by atoms with E-state index in [1.54, 1.807) is 4.90 Å². The van der Waals surface area contributed by atoms with Gasteiger partial charge in [-0.1, -0.05) is 36.4 Å². The molecule has 0 atom stereocenters. The Kier molecular flexibility index (Phi) is 6.15. The van der Waals surface area contributed by atoms with E-state index < -0.39 is 0 Å². The Bertz CT molecular complexity index is 991. The number of anilines is 2. The molecule has 2 N–H and O–H groups in total. The van der Waals surface area contributed by atoms with Crippen LogP contribution in [0.1, 0.15) is 27.0 Å². The Morgan fingerprint density at radius 1 is 0.900 bits per heavy atom. The minimum absolute atomic E-state index is 0.0658. The van der Waals surface area contributed by atoms with E-state index in [1.807, 2.05) is 37.3 Å². The predicted molar refractivity (Wildman–Crippen MR) is 123 cm³/mol. The third kappa shape index (κ3) is 4.89. The highest BCUT2D eigenvalue weighted by Gasteiger charge is 2.20. The molecule has 3 aromatic carbocycles. The van der Waals surface area contributed by atoms with E-state index in [0.29, 0.717) is 5.56 Å². The number of hydrogen-bond acceptors (Lipinski definition) is 2. The molecule has 3 aromatic rings. The molecule has 1 amide bonds. The van der Waals surface area contributed by atoms with Crippen LogP contribution in [0.15, 0.2) is 72.8 Å². The van der Waals surface area contributed by atoms with Crippen LogP contribution in [0.25, 0.3) is 0 Å². The van der Waals surface area contributed by atoms with Gasteiger partial charge in [0.1, 0.15) is 6.54 Å². The number of carbonyl (C=O) groups is 1. The van der Waals surface area contributed by atoms with Gasteiger partial charge < -0.3 is 15.1 Å². The fraction of sp³-hybridized carbons (Fsp3) is 0.269. The zero-order valence-electron chi connectivity index (χ0n) is 17.8. The number of quaternary nitrogens is 1. The molecule has 154 valence electrons. The highest BCUT2D eigenvalue weighted by Crippen LogP contribution is 2.19. The van der Waals surface area contributed by atoms with Crippen LogP contribution in [-0.4, -0.2) is 32.1 Å². The van der Waals surface area contributed by atoms with Crippen LogP contribution >= 0.6 is 0 Å². The van der Waals surface area contributed by atoms with Gasteiger partial charge in [-0.2, -0.15) is 0 Å². The van der Waals surface area contributed by atoms with Crippen LogP contribution < -0.4 is 15.1 Å². The molecule has 1 fully saturated rings. The van der Waals surface area contributed by atoms with Crippen LogP contribution in [-0.2, 0) is 6.54 Å². The summed E-state index contributed by atoms with van der Waals surface area (Å²) < 4.78 is 0. The van der Waals surface area contributed by atoms with Crippen molar-refractivity contribution in [1.29, 1.82) is 0 Å². The highest BCUT2D eigenvalue weighted by atomic mass is 16.1. The average Bonchev–Trinajstić information content (AvgIpc) is 2.77. The molecule has 0 aromatic heterocycles. The summed E-state index contributed by atoms with van der Waals surface area (Å²) in [6, 6.07) is 24.8. The number of nitrogens with zero attached hydrogens (tertiary/aromatic N) is 1. The zero-order chi connectivity index (χ0) is 20.9. The van der Waals surface area contributed by atoms with E-state index in [0.717, 1.165) is 44.0 Å². The van der Waals surface area contributed by atoms with Crippen LogP contribution in [0, 0.1) is 13.8 Å². The van der Waals surface area contributed by atoms with Gasteiger partial charge in [0.15, 0.2) is 0 Å². The first-order valence-electron chi connectivity index (χ1n) is 10.7. The number of amides is 1. The maximum atomic E-state index is 12.5.